The van der Waals surface area contributed by atoms with Gasteiger partial charge in [0.15, 0.2) is 5.58 Å². The standard InChI is InChI=1S/C22H18N4O6/c27-18-8-7-16(20(29)24-18)25-10-12-5-6-13(9-14(12)21(25)30)23-19(28)11-26-15-3-1-2-4-17(15)32-22(26)31/h1-6,9,16H,7-8,10-11H2,(H,23,28)(H,24,27,29). The summed E-state index contributed by atoms with van der Waals surface area (Å²) in [4.78, 5) is 62.5. The van der Waals surface area contributed by atoms with Crippen LogP contribution in [0.4, 0.5) is 5.69 Å². The number of piperidine rings is 1. The van der Waals surface area contributed by atoms with Crippen LogP contribution in [0.5, 0.6) is 0 Å². The molecule has 1 atom stereocenters. The predicted molar refractivity (Wildman–Crippen MR) is 112 cm³/mol. The quantitative estimate of drug-likeness (QED) is 0.589. The molecule has 10 nitrogen and oxygen atoms in total. The maximum Gasteiger partial charge on any atom is 0.420 e. The topological polar surface area (TPSA) is 131 Å². The Morgan fingerprint density at radius 3 is 2.75 bits per heavy atom. The van der Waals surface area contributed by atoms with Gasteiger partial charge in [-0.25, -0.2) is 4.79 Å². The number of hydrogen-bond acceptors (Lipinski definition) is 6. The van der Waals surface area contributed by atoms with Crippen molar-refractivity contribution in [3.05, 3.63) is 64.1 Å². The Balaban J connectivity index is 1.32. The molecule has 2 N–H and O–H groups in total. The van der Waals surface area contributed by atoms with Gasteiger partial charge in [0.1, 0.15) is 12.6 Å². The second-order valence-corrected chi connectivity index (χ2v) is 7.74. The molecule has 1 unspecified atom stereocenters. The van der Waals surface area contributed by atoms with Crippen LogP contribution in [0.15, 0.2) is 51.7 Å². The van der Waals surface area contributed by atoms with Crippen molar-refractivity contribution in [3.8, 4) is 0 Å². The number of nitrogens with zero attached hydrogens (tertiary/aromatic N) is 2. The number of anilines is 1. The number of para-hydroxylation sites is 2. The van der Waals surface area contributed by atoms with Crippen molar-refractivity contribution < 1.29 is 23.6 Å². The van der Waals surface area contributed by atoms with Crippen LogP contribution >= 0.6 is 0 Å². The van der Waals surface area contributed by atoms with Crippen LogP contribution in [-0.4, -0.2) is 39.1 Å². The van der Waals surface area contributed by atoms with E-state index in [1.807, 2.05) is 0 Å². The van der Waals surface area contributed by atoms with E-state index in [0.29, 0.717) is 22.4 Å². The van der Waals surface area contributed by atoms with E-state index >= 15 is 0 Å². The molecule has 0 spiro atoms. The van der Waals surface area contributed by atoms with Crippen molar-refractivity contribution in [2.75, 3.05) is 5.32 Å². The number of oxazole rings is 1. The molecule has 1 fully saturated rings. The Morgan fingerprint density at radius 1 is 1.12 bits per heavy atom. The molecule has 4 amide bonds. The summed E-state index contributed by atoms with van der Waals surface area (Å²) in [5, 5.41) is 4.96. The van der Waals surface area contributed by atoms with E-state index in [-0.39, 0.29) is 37.7 Å². The van der Waals surface area contributed by atoms with Gasteiger partial charge in [0.2, 0.25) is 17.7 Å². The van der Waals surface area contributed by atoms with Crippen LogP contribution in [0.25, 0.3) is 11.1 Å². The van der Waals surface area contributed by atoms with Gasteiger partial charge in [0.25, 0.3) is 5.91 Å². The molecule has 0 saturated carbocycles. The number of aromatic nitrogens is 1. The molecule has 162 valence electrons. The summed E-state index contributed by atoms with van der Waals surface area (Å²) >= 11 is 0. The third-order valence-electron chi connectivity index (χ3n) is 5.69. The fourth-order valence-corrected chi connectivity index (χ4v) is 4.14. The Kier molecular flexibility index (Phi) is 4.62. The van der Waals surface area contributed by atoms with E-state index in [4.69, 9.17) is 4.42 Å². The lowest BCUT2D eigenvalue weighted by Crippen LogP contribution is -2.52. The monoisotopic (exact) mass is 434 g/mol. The average molecular weight is 434 g/mol. The predicted octanol–water partition coefficient (Wildman–Crippen LogP) is 0.994. The Hall–Kier alpha value is -4.21. The zero-order valence-electron chi connectivity index (χ0n) is 16.8. The number of carbonyl (C=O) groups excluding carboxylic acids is 4. The molecule has 32 heavy (non-hydrogen) atoms. The fraction of sp³-hybridized carbons (Fsp3) is 0.227. The van der Waals surface area contributed by atoms with Crippen molar-refractivity contribution in [3.63, 3.8) is 0 Å². The summed E-state index contributed by atoms with van der Waals surface area (Å²) in [6.07, 6.45) is 0.460. The van der Waals surface area contributed by atoms with E-state index in [2.05, 4.69) is 10.6 Å². The van der Waals surface area contributed by atoms with Crippen molar-refractivity contribution in [2.45, 2.75) is 32.0 Å². The molecule has 0 aliphatic carbocycles. The summed E-state index contributed by atoms with van der Waals surface area (Å²) in [5.74, 6) is -2.24. The molecular formula is C22H18N4O6. The summed E-state index contributed by atoms with van der Waals surface area (Å²) in [7, 11) is 0. The average Bonchev–Trinajstić information content (AvgIpc) is 3.25. The molecular weight excluding hydrogens is 416 g/mol. The molecule has 2 aromatic carbocycles. The zero-order chi connectivity index (χ0) is 22.4. The van der Waals surface area contributed by atoms with Gasteiger partial charge in [0, 0.05) is 24.2 Å². The van der Waals surface area contributed by atoms with E-state index in [0.717, 1.165) is 5.56 Å². The minimum absolute atomic E-state index is 0.180. The smallest absolute Gasteiger partial charge is 0.408 e. The summed E-state index contributed by atoms with van der Waals surface area (Å²) < 4.78 is 6.36. The number of carbonyl (C=O) groups is 4. The molecule has 1 saturated heterocycles. The first-order valence-electron chi connectivity index (χ1n) is 10.1. The highest BCUT2D eigenvalue weighted by atomic mass is 16.4. The molecule has 1 aromatic heterocycles. The van der Waals surface area contributed by atoms with Crippen molar-refractivity contribution in [2.24, 2.45) is 0 Å². The van der Waals surface area contributed by atoms with Crippen molar-refractivity contribution in [1.82, 2.24) is 14.8 Å². The molecule has 0 bridgehead atoms. The van der Waals surface area contributed by atoms with E-state index in [9.17, 15) is 24.0 Å². The van der Waals surface area contributed by atoms with Crippen LogP contribution in [0, 0.1) is 0 Å². The second kappa shape index (κ2) is 7.49. The van der Waals surface area contributed by atoms with Crippen molar-refractivity contribution >= 4 is 40.4 Å². The summed E-state index contributed by atoms with van der Waals surface area (Å²) in [5.41, 5.74) is 2.42. The number of rotatable bonds is 4. The summed E-state index contributed by atoms with van der Waals surface area (Å²) in [6.45, 7) is 0.00828. The Morgan fingerprint density at radius 2 is 1.94 bits per heavy atom. The molecule has 2 aliphatic heterocycles. The first-order valence-corrected chi connectivity index (χ1v) is 10.1. The SMILES string of the molecule is O=C1CCC(N2Cc3ccc(NC(=O)Cn4c(=O)oc5ccccc54)cc3C2=O)C(=O)N1. The highest BCUT2D eigenvalue weighted by molar-refractivity contribution is 6.06. The Bertz CT molecular complexity index is 1350. The van der Waals surface area contributed by atoms with Gasteiger partial charge in [-0.05, 0) is 36.2 Å². The largest absolute Gasteiger partial charge is 0.420 e. The van der Waals surface area contributed by atoms with Crippen LogP contribution < -0.4 is 16.4 Å². The Labute approximate surface area is 180 Å². The number of nitrogens with one attached hydrogen (secondary N) is 2. The van der Waals surface area contributed by atoms with E-state index in [1.165, 1.54) is 9.47 Å². The second-order valence-electron chi connectivity index (χ2n) is 7.74. The molecule has 0 radical (unpaired) electrons. The van der Waals surface area contributed by atoms with Gasteiger partial charge in [0.05, 0.1) is 5.52 Å². The normalized spacial score (nSPS) is 18.1. The minimum atomic E-state index is -0.702. The third-order valence-corrected chi connectivity index (χ3v) is 5.69. The lowest BCUT2D eigenvalue weighted by Gasteiger charge is -2.29. The number of imide groups is 1. The number of hydrogen-bond donors (Lipinski definition) is 2. The highest BCUT2D eigenvalue weighted by Crippen LogP contribution is 2.29. The van der Waals surface area contributed by atoms with Crippen LogP contribution in [0.2, 0.25) is 0 Å². The summed E-state index contributed by atoms with van der Waals surface area (Å²) in [6, 6.07) is 11.0. The molecule has 5 rings (SSSR count). The minimum Gasteiger partial charge on any atom is -0.408 e. The first-order chi connectivity index (χ1) is 15.4. The number of benzene rings is 2. The van der Waals surface area contributed by atoms with E-state index in [1.54, 1.807) is 42.5 Å². The van der Waals surface area contributed by atoms with Gasteiger partial charge < -0.3 is 14.6 Å². The molecule has 2 aliphatic rings. The highest BCUT2D eigenvalue weighted by Gasteiger charge is 2.39. The lowest BCUT2D eigenvalue weighted by molar-refractivity contribution is -0.137. The van der Waals surface area contributed by atoms with Gasteiger partial charge in [-0.3, -0.25) is 29.1 Å². The van der Waals surface area contributed by atoms with Crippen molar-refractivity contribution in [1.29, 1.82) is 0 Å². The maximum atomic E-state index is 12.9. The van der Waals surface area contributed by atoms with Crippen LogP contribution in [-0.2, 0) is 27.5 Å². The first kappa shape index (κ1) is 19.7. The zero-order valence-corrected chi connectivity index (χ0v) is 16.8. The van der Waals surface area contributed by atoms with Crippen LogP contribution in [0.1, 0.15) is 28.8 Å². The van der Waals surface area contributed by atoms with Gasteiger partial charge in [-0.15, -0.1) is 0 Å². The molecule has 3 heterocycles. The molecule has 10 heteroatoms. The fourth-order valence-electron chi connectivity index (χ4n) is 4.14. The van der Waals surface area contributed by atoms with Gasteiger partial charge >= 0.3 is 5.76 Å². The number of amides is 4. The lowest BCUT2D eigenvalue weighted by atomic mass is 10.0. The van der Waals surface area contributed by atoms with Gasteiger partial charge in [-0.2, -0.15) is 0 Å². The van der Waals surface area contributed by atoms with Crippen LogP contribution in [0.3, 0.4) is 0 Å². The maximum absolute atomic E-state index is 12.9. The van der Waals surface area contributed by atoms with Gasteiger partial charge in [-0.1, -0.05) is 18.2 Å². The molecule has 3 aromatic rings. The number of fused-ring (bicyclic) bond motifs is 2. The van der Waals surface area contributed by atoms with E-state index < -0.39 is 23.6 Å². The third kappa shape index (κ3) is 3.35.